The first-order valence-corrected chi connectivity index (χ1v) is 11.1. The minimum Gasteiger partial charge on any atom is -0.458 e. The zero-order valence-electron chi connectivity index (χ0n) is 17.3. The van der Waals surface area contributed by atoms with Gasteiger partial charge in [0.15, 0.2) is 0 Å². The van der Waals surface area contributed by atoms with Crippen LogP contribution in [-0.4, -0.2) is 22.9 Å². The average molecular weight is 443 g/mol. The topological polar surface area (TPSA) is 68.3 Å². The molecule has 4 aromatic rings. The van der Waals surface area contributed by atoms with Crippen molar-refractivity contribution in [2.45, 2.75) is 19.1 Å². The third-order valence-corrected chi connectivity index (χ3v) is 5.78. The summed E-state index contributed by atoms with van der Waals surface area (Å²) in [4.78, 5) is 30.1. The van der Waals surface area contributed by atoms with E-state index in [0.29, 0.717) is 17.7 Å². The van der Waals surface area contributed by atoms with Crippen molar-refractivity contribution in [3.63, 3.8) is 0 Å². The Labute approximate surface area is 190 Å². The van der Waals surface area contributed by atoms with Gasteiger partial charge in [-0.15, -0.1) is 11.3 Å². The van der Waals surface area contributed by atoms with Crippen LogP contribution in [0.2, 0.25) is 0 Å². The summed E-state index contributed by atoms with van der Waals surface area (Å²) in [5.74, 6) is -0.809. The van der Waals surface area contributed by atoms with Crippen molar-refractivity contribution in [3.8, 4) is 10.6 Å². The van der Waals surface area contributed by atoms with Gasteiger partial charge in [0.2, 0.25) is 0 Å². The van der Waals surface area contributed by atoms with Crippen molar-refractivity contribution in [1.29, 1.82) is 0 Å². The minimum atomic E-state index is -0.808. The molecule has 0 aliphatic heterocycles. The zero-order chi connectivity index (χ0) is 22.2. The number of nitrogens with one attached hydrogen (secondary N) is 1. The summed E-state index contributed by atoms with van der Waals surface area (Å²) < 4.78 is 5.54. The van der Waals surface area contributed by atoms with Gasteiger partial charge < -0.3 is 10.1 Å². The Morgan fingerprint density at radius 2 is 1.50 bits per heavy atom. The fourth-order valence-corrected chi connectivity index (χ4v) is 4.02. The molecule has 32 heavy (non-hydrogen) atoms. The lowest BCUT2D eigenvalue weighted by Gasteiger charge is -2.18. The average Bonchev–Trinajstić information content (AvgIpc) is 3.33. The Bertz CT molecular complexity index is 1160. The predicted molar refractivity (Wildman–Crippen MR) is 125 cm³/mol. The summed E-state index contributed by atoms with van der Waals surface area (Å²) in [6.45, 7) is 0.0503. The predicted octanol–water partition coefficient (Wildman–Crippen LogP) is 4.89. The van der Waals surface area contributed by atoms with E-state index in [1.54, 1.807) is 24.3 Å². The number of ether oxygens (including phenoxy) is 1. The Balaban J connectivity index is 1.43. The fraction of sp³-hybridized carbons (Fsp3) is 0.115. The molecule has 0 saturated heterocycles. The van der Waals surface area contributed by atoms with Gasteiger partial charge in [-0.25, -0.2) is 9.78 Å². The molecule has 1 amide bonds. The molecule has 0 spiro atoms. The lowest BCUT2D eigenvalue weighted by Crippen LogP contribution is -2.43. The Kier molecular flexibility index (Phi) is 7.05. The van der Waals surface area contributed by atoms with Crippen molar-refractivity contribution >= 4 is 23.2 Å². The Morgan fingerprint density at radius 3 is 2.19 bits per heavy atom. The molecule has 1 N–H and O–H groups in total. The SMILES string of the molecule is O=C(N[C@H](Cc1ccccc1)C(=O)OCc1csc(-c2ccccc2)n1)c1ccccc1. The molecule has 1 heterocycles. The Hall–Kier alpha value is -3.77. The van der Waals surface area contributed by atoms with E-state index in [4.69, 9.17) is 4.74 Å². The van der Waals surface area contributed by atoms with E-state index in [1.165, 1.54) is 11.3 Å². The lowest BCUT2D eigenvalue weighted by molar-refractivity contribution is -0.147. The summed E-state index contributed by atoms with van der Waals surface area (Å²) in [6.07, 6.45) is 0.338. The first kappa shape index (κ1) is 21.5. The minimum absolute atomic E-state index is 0.0503. The van der Waals surface area contributed by atoms with Crippen molar-refractivity contribution in [1.82, 2.24) is 10.3 Å². The molecule has 0 unspecified atom stereocenters. The van der Waals surface area contributed by atoms with Crippen LogP contribution >= 0.6 is 11.3 Å². The highest BCUT2D eigenvalue weighted by atomic mass is 32.1. The van der Waals surface area contributed by atoms with Crippen molar-refractivity contribution in [2.75, 3.05) is 0 Å². The van der Waals surface area contributed by atoms with E-state index < -0.39 is 12.0 Å². The standard InChI is InChI=1S/C26H22N2O3S/c29-24(20-12-6-2-7-13-20)28-23(16-19-10-4-1-5-11-19)26(30)31-17-22-18-32-25(27-22)21-14-8-3-9-15-21/h1-15,18,23H,16-17H2,(H,28,29)/t23-/m1/s1. The summed E-state index contributed by atoms with van der Waals surface area (Å²) in [5, 5.41) is 5.57. The van der Waals surface area contributed by atoms with E-state index in [0.717, 1.165) is 16.1 Å². The van der Waals surface area contributed by atoms with Crippen molar-refractivity contribution < 1.29 is 14.3 Å². The molecule has 5 nitrogen and oxygen atoms in total. The zero-order valence-corrected chi connectivity index (χ0v) is 18.1. The number of hydrogen-bond acceptors (Lipinski definition) is 5. The third-order valence-electron chi connectivity index (χ3n) is 4.84. The van der Waals surface area contributed by atoms with E-state index in [1.807, 2.05) is 72.1 Å². The smallest absolute Gasteiger partial charge is 0.329 e. The van der Waals surface area contributed by atoms with Crippen molar-refractivity contribution in [3.05, 3.63) is 113 Å². The number of rotatable bonds is 8. The van der Waals surface area contributed by atoms with Crippen LogP contribution in [0.3, 0.4) is 0 Å². The second-order valence-electron chi connectivity index (χ2n) is 7.20. The quantitative estimate of drug-likeness (QED) is 0.394. The van der Waals surface area contributed by atoms with Gasteiger partial charge in [0, 0.05) is 22.9 Å². The maximum absolute atomic E-state index is 12.9. The molecule has 160 valence electrons. The Morgan fingerprint density at radius 1 is 0.875 bits per heavy atom. The van der Waals surface area contributed by atoms with Crippen LogP contribution in [0.5, 0.6) is 0 Å². The molecule has 4 rings (SSSR count). The molecule has 0 radical (unpaired) electrons. The summed E-state index contributed by atoms with van der Waals surface area (Å²) in [6, 6.07) is 27.4. The molecule has 0 fully saturated rings. The number of nitrogens with zero attached hydrogens (tertiary/aromatic N) is 1. The number of aromatic nitrogens is 1. The van der Waals surface area contributed by atoms with Gasteiger partial charge in [-0.05, 0) is 17.7 Å². The highest BCUT2D eigenvalue weighted by Gasteiger charge is 2.24. The first-order chi connectivity index (χ1) is 15.7. The normalized spacial score (nSPS) is 11.5. The van der Waals surface area contributed by atoms with Crippen LogP contribution in [-0.2, 0) is 22.6 Å². The number of amides is 1. The number of carbonyl (C=O) groups is 2. The highest BCUT2D eigenvalue weighted by Crippen LogP contribution is 2.23. The molecule has 1 atom stereocenters. The molecule has 3 aromatic carbocycles. The lowest BCUT2D eigenvalue weighted by atomic mass is 10.1. The van der Waals surface area contributed by atoms with Crippen LogP contribution in [0.25, 0.3) is 10.6 Å². The van der Waals surface area contributed by atoms with E-state index in [-0.39, 0.29) is 12.5 Å². The maximum Gasteiger partial charge on any atom is 0.329 e. The van der Waals surface area contributed by atoms with Crippen LogP contribution in [0, 0.1) is 0 Å². The van der Waals surface area contributed by atoms with Gasteiger partial charge in [-0.3, -0.25) is 4.79 Å². The highest BCUT2D eigenvalue weighted by molar-refractivity contribution is 7.13. The van der Waals surface area contributed by atoms with Gasteiger partial charge in [0.25, 0.3) is 5.91 Å². The maximum atomic E-state index is 12.9. The second kappa shape index (κ2) is 10.5. The largest absolute Gasteiger partial charge is 0.458 e. The van der Waals surface area contributed by atoms with Crippen LogP contribution in [0.4, 0.5) is 0 Å². The number of hydrogen-bond donors (Lipinski definition) is 1. The van der Waals surface area contributed by atoms with E-state index in [9.17, 15) is 9.59 Å². The fourth-order valence-electron chi connectivity index (χ4n) is 3.21. The monoisotopic (exact) mass is 442 g/mol. The number of esters is 1. The number of benzene rings is 3. The molecular formula is C26H22N2O3S. The molecule has 0 bridgehead atoms. The van der Waals surface area contributed by atoms with Gasteiger partial charge in [0.1, 0.15) is 17.7 Å². The van der Waals surface area contributed by atoms with Gasteiger partial charge in [-0.2, -0.15) is 0 Å². The number of thiazole rings is 1. The summed E-state index contributed by atoms with van der Waals surface area (Å²) in [7, 11) is 0. The van der Waals surface area contributed by atoms with Crippen LogP contribution < -0.4 is 5.32 Å². The molecular weight excluding hydrogens is 420 g/mol. The van der Waals surface area contributed by atoms with E-state index in [2.05, 4.69) is 10.3 Å². The number of carbonyl (C=O) groups excluding carboxylic acids is 2. The van der Waals surface area contributed by atoms with Gasteiger partial charge >= 0.3 is 5.97 Å². The summed E-state index contributed by atoms with van der Waals surface area (Å²) in [5.41, 5.74) is 3.12. The first-order valence-electron chi connectivity index (χ1n) is 10.3. The van der Waals surface area contributed by atoms with E-state index >= 15 is 0 Å². The molecule has 0 aliphatic carbocycles. The molecule has 1 aromatic heterocycles. The summed E-state index contributed by atoms with van der Waals surface area (Å²) >= 11 is 1.50. The third kappa shape index (κ3) is 5.68. The van der Waals surface area contributed by atoms with Crippen molar-refractivity contribution in [2.24, 2.45) is 0 Å². The van der Waals surface area contributed by atoms with Gasteiger partial charge in [0.05, 0.1) is 5.69 Å². The molecule has 0 saturated carbocycles. The van der Waals surface area contributed by atoms with Gasteiger partial charge in [-0.1, -0.05) is 78.9 Å². The van der Waals surface area contributed by atoms with Crippen LogP contribution in [0.15, 0.2) is 96.4 Å². The van der Waals surface area contributed by atoms with Crippen LogP contribution in [0.1, 0.15) is 21.6 Å². The second-order valence-corrected chi connectivity index (χ2v) is 8.06. The molecule has 0 aliphatic rings. The molecule has 6 heteroatoms.